The van der Waals surface area contributed by atoms with Crippen molar-refractivity contribution in [1.29, 1.82) is 0 Å². The number of nitrogens with zero attached hydrogens (tertiary/aromatic N) is 4. The van der Waals surface area contributed by atoms with Crippen LogP contribution in [0.5, 0.6) is 5.88 Å². The molecule has 1 saturated heterocycles. The lowest BCUT2D eigenvalue weighted by atomic mass is 10.2. The molecule has 0 aliphatic carbocycles. The number of aldehydes is 1. The SMILES string of the molecule is O=Cc1c(OCCCCN2CCN(c3ccccc3Cl)CC2)nn2ccccc12. The van der Waals surface area contributed by atoms with E-state index in [1.807, 2.05) is 42.6 Å². The van der Waals surface area contributed by atoms with Gasteiger partial charge in [0.15, 0.2) is 6.29 Å². The summed E-state index contributed by atoms with van der Waals surface area (Å²) in [5, 5.41) is 5.17. The minimum atomic E-state index is 0.416. The van der Waals surface area contributed by atoms with E-state index in [4.69, 9.17) is 16.3 Å². The molecule has 6 nitrogen and oxygen atoms in total. The Balaban J connectivity index is 1.19. The Morgan fingerprint density at radius 3 is 2.62 bits per heavy atom. The smallest absolute Gasteiger partial charge is 0.244 e. The summed E-state index contributed by atoms with van der Waals surface area (Å²) in [6.45, 7) is 5.66. The zero-order chi connectivity index (χ0) is 20.1. The van der Waals surface area contributed by atoms with Crippen LogP contribution in [0.3, 0.4) is 0 Å². The number of para-hydroxylation sites is 1. The largest absolute Gasteiger partial charge is 0.476 e. The molecule has 1 aromatic carbocycles. The third-order valence-corrected chi connectivity index (χ3v) is 5.65. The summed E-state index contributed by atoms with van der Waals surface area (Å²) in [5.41, 5.74) is 2.41. The van der Waals surface area contributed by atoms with Crippen LogP contribution in [0.2, 0.25) is 5.02 Å². The number of aromatic nitrogens is 2. The number of rotatable bonds is 8. The highest BCUT2D eigenvalue weighted by molar-refractivity contribution is 6.33. The lowest BCUT2D eigenvalue weighted by molar-refractivity contribution is 0.112. The van der Waals surface area contributed by atoms with Crippen molar-refractivity contribution in [3.8, 4) is 5.88 Å². The molecule has 0 saturated carbocycles. The Morgan fingerprint density at radius 2 is 1.83 bits per heavy atom. The zero-order valence-electron chi connectivity index (χ0n) is 16.3. The van der Waals surface area contributed by atoms with Gasteiger partial charge < -0.3 is 9.64 Å². The van der Waals surface area contributed by atoms with Gasteiger partial charge in [-0.3, -0.25) is 9.69 Å². The first kappa shape index (κ1) is 19.7. The Kier molecular flexibility index (Phi) is 6.32. The van der Waals surface area contributed by atoms with Crippen LogP contribution >= 0.6 is 11.6 Å². The first-order chi connectivity index (χ1) is 14.3. The number of hydrogen-bond donors (Lipinski definition) is 0. The van der Waals surface area contributed by atoms with Crippen LogP contribution in [0.1, 0.15) is 23.2 Å². The van der Waals surface area contributed by atoms with E-state index in [2.05, 4.69) is 21.0 Å². The minimum Gasteiger partial charge on any atom is -0.476 e. The fraction of sp³-hybridized carbons (Fsp3) is 0.364. The molecular weight excluding hydrogens is 388 g/mol. The monoisotopic (exact) mass is 412 g/mol. The second-order valence-electron chi connectivity index (χ2n) is 7.20. The van der Waals surface area contributed by atoms with Gasteiger partial charge in [-0.25, -0.2) is 4.52 Å². The molecule has 4 rings (SSSR count). The topological polar surface area (TPSA) is 50.1 Å². The van der Waals surface area contributed by atoms with Gasteiger partial charge in [0.2, 0.25) is 5.88 Å². The van der Waals surface area contributed by atoms with Crippen molar-refractivity contribution < 1.29 is 9.53 Å². The Bertz CT molecular complexity index is 966. The standard InChI is InChI=1S/C22H25ClN4O2/c23-19-7-1-2-9-21(19)26-14-12-25(13-15-26)10-5-6-16-29-22-18(17-28)20-8-3-4-11-27(20)24-22/h1-4,7-9,11,17H,5-6,10,12-16H2. The average Bonchev–Trinajstić information content (AvgIpc) is 3.12. The fourth-order valence-corrected chi connectivity index (χ4v) is 4.00. The summed E-state index contributed by atoms with van der Waals surface area (Å²) < 4.78 is 7.46. The van der Waals surface area contributed by atoms with Gasteiger partial charge >= 0.3 is 0 Å². The van der Waals surface area contributed by atoms with E-state index in [1.165, 1.54) is 0 Å². The van der Waals surface area contributed by atoms with Crippen molar-refractivity contribution in [2.24, 2.45) is 0 Å². The van der Waals surface area contributed by atoms with Crippen LogP contribution in [-0.2, 0) is 0 Å². The summed E-state index contributed by atoms with van der Waals surface area (Å²) in [6, 6.07) is 13.7. The molecule has 3 heterocycles. The molecule has 152 valence electrons. The molecule has 29 heavy (non-hydrogen) atoms. The van der Waals surface area contributed by atoms with Crippen molar-refractivity contribution >= 4 is 29.1 Å². The summed E-state index contributed by atoms with van der Waals surface area (Å²) in [4.78, 5) is 16.2. The normalized spacial score (nSPS) is 15.0. The predicted octanol–water partition coefficient (Wildman–Crippen LogP) is 3.78. The van der Waals surface area contributed by atoms with Crippen LogP contribution in [-0.4, -0.2) is 60.1 Å². The number of halogens is 1. The van der Waals surface area contributed by atoms with Crippen LogP contribution in [0.25, 0.3) is 5.52 Å². The van der Waals surface area contributed by atoms with Crippen molar-refractivity contribution in [3.63, 3.8) is 0 Å². The van der Waals surface area contributed by atoms with Gasteiger partial charge in [-0.05, 0) is 43.7 Å². The Morgan fingerprint density at radius 1 is 1.03 bits per heavy atom. The van der Waals surface area contributed by atoms with Crippen molar-refractivity contribution in [2.45, 2.75) is 12.8 Å². The number of hydrogen-bond acceptors (Lipinski definition) is 5. The molecule has 0 atom stereocenters. The molecule has 7 heteroatoms. The molecule has 0 radical (unpaired) electrons. The number of ether oxygens (including phenoxy) is 1. The zero-order valence-corrected chi connectivity index (χ0v) is 17.1. The highest BCUT2D eigenvalue weighted by atomic mass is 35.5. The Labute approximate surface area is 175 Å². The number of carbonyl (C=O) groups excluding carboxylic acids is 1. The summed E-state index contributed by atoms with van der Waals surface area (Å²) >= 11 is 6.31. The molecule has 0 unspecified atom stereocenters. The maximum Gasteiger partial charge on any atom is 0.244 e. The summed E-state index contributed by atoms with van der Waals surface area (Å²) in [6.07, 6.45) is 4.61. The molecule has 1 aliphatic heterocycles. The van der Waals surface area contributed by atoms with E-state index in [9.17, 15) is 4.79 Å². The van der Waals surface area contributed by atoms with Crippen molar-refractivity contribution in [1.82, 2.24) is 14.5 Å². The van der Waals surface area contributed by atoms with Gasteiger partial charge in [0, 0.05) is 32.4 Å². The molecule has 0 spiro atoms. The van der Waals surface area contributed by atoms with E-state index < -0.39 is 0 Å². The van der Waals surface area contributed by atoms with Gasteiger partial charge in [0.1, 0.15) is 5.56 Å². The number of fused-ring (bicyclic) bond motifs is 1. The van der Waals surface area contributed by atoms with Gasteiger partial charge in [-0.1, -0.05) is 29.8 Å². The fourth-order valence-electron chi connectivity index (χ4n) is 3.74. The van der Waals surface area contributed by atoms with Crippen molar-refractivity contribution in [3.05, 3.63) is 59.2 Å². The van der Waals surface area contributed by atoms with Gasteiger partial charge in [-0.2, -0.15) is 0 Å². The minimum absolute atomic E-state index is 0.416. The number of anilines is 1. The quantitative estimate of drug-likeness (QED) is 0.416. The van der Waals surface area contributed by atoms with E-state index in [1.54, 1.807) is 4.52 Å². The second kappa shape index (κ2) is 9.29. The molecule has 3 aromatic rings. The van der Waals surface area contributed by atoms with Crippen LogP contribution < -0.4 is 9.64 Å². The number of benzene rings is 1. The van der Waals surface area contributed by atoms with Gasteiger partial charge in [0.05, 0.1) is 22.8 Å². The van der Waals surface area contributed by atoms with Crippen LogP contribution in [0.15, 0.2) is 48.7 Å². The predicted molar refractivity (Wildman–Crippen MR) is 115 cm³/mol. The third-order valence-electron chi connectivity index (χ3n) is 5.33. The first-order valence-corrected chi connectivity index (χ1v) is 10.4. The average molecular weight is 413 g/mol. The maximum absolute atomic E-state index is 11.4. The van der Waals surface area contributed by atoms with Crippen molar-refractivity contribution in [2.75, 3.05) is 44.2 Å². The molecule has 0 N–H and O–H groups in total. The van der Waals surface area contributed by atoms with E-state index in [0.717, 1.165) is 68.1 Å². The van der Waals surface area contributed by atoms with E-state index >= 15 is 0 Å². The first-order valence-electron chi connectivity index (χ1n) is 10.0. The number of unbranched alkanes of at least 4 members (excludes halogenated alkanes) is 1. The number of carbonyl (C=O) groups is 1. The van der Waals surface area contributed by atoms with Crippen LogP contribution in [0.4, 0.5) is 5.69 Å². The third kappa shape index (κ3) is 4.54. The Hall–Kier alpha value is -2.57. The van der Waals surface area contributed by atoms with Gasteiger partial charge in [0.25, 0.3) is 0 Å². The van der Waals surface area contributed by atoms with E-state index in [-0.39, 0.29) is 0 Å². The van der Waals surface area contributed by atoms with Gasteiger partial charge in [-0.15, -0.1) is 5.10 Å². The number of piperazine rings is 1. The maximum atomic E-state index is 11.4. The highest BCUT2D eigenvalue weighted by Crippen LogP contribution is 2.26. The highest BCUT2D eigenvalue weighted by Gasteiger charge is 2.18. The molecular formula is C22H25ClN4O2. The molecule has 1 fully saturated rings. The number of pyridine rings is 1. The molecule has 1 aliphatic rings. The lowest BCUT2D eigenvalue weighted by Crippen LogP contribution is -2.46. The summed E-state index contributed by atoms with van der Waals surface area (Å²) in [5.74, 6) is 0.416. The summed E-state index contributed by atoms with van der Waals surface area (Å²) in [7, 11) is 0. The molecule has 0 bridgehead atoms. The van der Waals surface area contributed by atoms with E-state index in [0.29, 0.717) is 18.1 Å². The lowest BCUT2D eigenvalue weighted by Gasteiger charge is -2.36. The molecule has 2 aromatic heterocycles. The second-order valence-corrected chi connectivity index (χ2v) is 7.61. The molecule has 0 amide bonds. The van der Waals surface area contributed by atoms with Crippen LogP contribution in [0, 0.1) is 0 Å².